The zero-order chi connectivity index (χ0) is 14.7. The summed E-state index contributed by atoms with van der Waals surface area (Å²) >= 11 is 1.62. The van der Waals surface area contributed by atoms with Crippen LogP contribution < -0.4 is 10.6 Å². The van der Waals surface area contributed by atoms with Gasteiger partial charge in [0.1, 0.15) is 10.6 Å². The molecule has 0 fully saturated rings. The van der Waals surface area contributed by atoms with Gasteiger partial charge in [0.2, 0.25) is 5.95 Å². The molecule has 0 bridgehead atoms. The monoisotopic (exact) mass is 299 g/mol. The second-order valence-corrected chi connectivity index (χ2v) is 5.61. The molecule has 0 aliphatic rings. The van der Waals surface area contributed by atoms with E-state index in [0.717, 1.165) is 28.1 Å². The lowest BCUT2D eigenvalue weighted by Crippen LogP contribution is -2.10. The molecule has 1 unspecified atom stereocenters. The van der Waals surface area contributed by atoms with Gasteiger partial charge in [-0.1, -0.05) is 6.07 Å². The molecule has 5 nitrogen and oxygen atoms in total. The van der Waals surface area contributed by atoms with Crippen molar-refractivity contribution < 1.29 is 0 Å². The molecule has 108 valence electrons. The summed E-state index contributed by atoms with van der Waals surface area (Å²) in [4.78, 5) is 14.2. The van der Waals surface area contributed by atoms with Gasteiger partial charge in [-0.05, 0) is 36.9 Å². The molecular weight excluding hydrogens is 282 g/mol. The molecule has 2 N–H and O–H groups in total. The van der Waals surface area contributed by atoms with Gasteiger partial charge in [0, 0.05) is 18.9 Å². The smallest absolute Gasteiger partial charge is 0.226 e. The molecule has 0 saturated heterocycles. The van der Waals surface area contributed by atoms with Crippen LogP contribution in [0.2, 0.25) is 0 Å². The van der Waals surface area contributed by atoms with Crippen LogP contribution in [0.3, 0.4) is 0 Å². The fourth-order valence-electron chi connectivity index (χ4n) is 2.12. The van der Waals surface area contributed by atoms with Crippen molar-refractivity contribution in [2.75, 3.05) is 17.2 Å². The van der Waals surface area contributed by atoms with E-state index in [4.69, 9.17) is 0 Å². The average Bonchev–Trinajstić information content (AvgIpc) is 2.97. The molecule has 3 aromatic heterocycles. The van der Waals surface area contributed by atoms with Crippen LogP contribution in [0.15, 0.2) is 36.0 Å². The summed E-state index contributed by atoms with van der Waals surface area (Å²) in [6.45, 7) is 4.94. The highest BCUT2D eigenvalue weighted by atomic mass is 32.1. The summed E-state index contributed by atoms with van der Waals surface area (Å²) in [5.74, 6) is 1.52. The van der Waals surface area contributed by atoms with E-state index >= 15 is 0 Å². The first-order valence-electron chi connectivity index (χ1n) is 6.93. The van der Waals surface area contributed by atoms with Gasteiger partial charge in [-0.3, -0.25) is 4.98 Å². The van der Waals surface area contributed by atoms with Crippen molar-refractivity contribution in [2.24, 2.45) is 0 Å². The minimum Gasteiger partial charge on any atom is -0.363 e. The number of thiophene rings is 1. The van der Waals surface area contributed by atoms with Crippen LogP contribution in [0.25, 0.3) is 10.2 Å². The summed E-state index contributed by atoms with van der Waals surface area (Å²) in [7, 11) is 0. The third-order valence-corrected chi connectivity index (χ3v) is 4.00. The van der Waals surface area contributed by atoms with E-state index in [1.54, 1.807) is 17.5 Å². The maximum Gasteiger partial charge on any atom is 0.226 e. The summed E-state index contributed by atoms with van der Waals surface area (Å²) in [6, 6.07) is 6.18. The van der Waals surface area contributed by atoms with Crippen molar-refractivity contribution in [3.8, 4) is 0 Å². The number of anilines is 2. The van der Waals surface area contributed by atoms with Gasteiger partial charge >= 0.3 is 0 Å². The van der Waals surface area contributed by atoms with Crippen molar-refractivity contribution >= 4 is 33.3 Å². The Morgan fingerprint density at radius 3 is 2.95 bits per heavy atom. The molecule has 0 saturated carbocycles. The maximum atomic E-state index is 4.58. The van der Waals surface area contributed by atoms with Crippen molar-refractivity contribution in [1.82, 2.24) is 15.0 Å². The van der Waals surface area contributed by atoms with Crippen LogP contribution in [0.1, 0.15) is 25.5 Å². The highest BCUT2D eigenvalue weighted by molar-refractivity contribution is 7.16. The van der Waals surface area contributed by atoms with Gasteiger partial charge in [-0.2, -0.15) is 4.98 Å². The highest BCUT2D eigenvalue weighted by Gasteiger charge is 2.12. The van der Waals surface area contributed by atoms with Crippen molar-refractivity contribution in [3.63, 3.8) is 0 Å². The first-order valence-corrected chi connectivity index (χ1v) is 7.81. The Morgan fingerprint density at radius 1 is 1.29 bits per heavy atom. The summed E-state index contributed by atoms with van der Waals surface area (Å²) in [5.41, 5.74) is 1.13. The van der Waals surface area contributed by atoms with Crippen molar-refractivity contribution in [3.05, 3.63) is 41.5 Å². The third-order valence-electron chi connectivity index (χ3n) is 3.20. The molecule has 21 heavy (non-hydrogen) atoms. The van der Waals surface area contributed by atoms with Crippen LogP contribution in [0.4, 0.5) is 11.8 Å². The van der Waals surface area contributed by atoms with E-state index in [2.05, 4.69) is 38.6 Å². The maximum absolute atomic E-state index is 4.58. The lowest BCUT2D eigenvalue weighted by Gasteiger charge is -2.16. The molecule has 0 amide bonds. The van der Waals surface area contributed by atoms with Crippen LogP contribution in [0, 0.1) is 0 Å². The number of hydrogen-bond acceptors (Lipinski definition) is 6. The Morgan fingerprint density at radius 2 is 2.19 bits per heavy atom. The van der Waals surface area contributed by atoms with E-state index in [9.17, 15) is 0 Å². The Bertz CT molecular complexity index is 725. The van der Waals surface area contributed by atoms with Crippen LogP contribution >= 0.6 is 11.3 Å². The second kappa shape index (κ2) is 6.05. The topological polar surface area (TPSA) is 62.7 Å². The number of nitrogens with one attached hydrogen (secondary N) is 2. The van der Waals surface area contributed by atoms with Gasteiger partial charge in [-0.25, -0.2) is 4.98 Å². The molecule has 6 heteroatoms. The molecule has 0 aromatic carbocycles. The van der Waals surface area contributed by atoms with Gasteiger partial charge in [0.15, 0.2) is 0 Å². The number of hydrogen-bond donors (Lipinski definition) is 2. The van der Waals surface area contributed by atoms with Crippen molar-refractivity contribution in [1.29, 1.82) is 0 Å². The fraction of sp³-hybridized carbons (Fsp3) is 0.267. The normalized spacial score (nSPS) is 12.3. The predicted molar refractivity (Wildman–Crippen MR) is 87.9 cm³/mol. The van der Waals surface area contributed by atoms with Gasteiger partial charge in [0.05, 0.1) is 11.4 Å². The number of aromatic nitrogens is 3. The minimum atomic E-state index is 0.131. The lowest BCUT2D eigenvalue weighted by molar-refractivity contribution is 0.867. The lowest BCUT2D eigenvalue weighted by atomic mass is 10.1. The molecule has 0 radical (unpaired) electrons. The Balaban J connectivity index is 1.93. The zero-order valence-electron chi connectivity index (χ0n) is 12.0. The molecular formula is C15H17N5S. The fourth-order valence-corrected chi connectivity index (χ4v) is 2.89. The van der Waals surface area contributed by atoms with E-state index in [0.29, 0.717) is 5.95 Å². The molecule has 1 atom stereocenters. The summed E-state index contributed by atoms with van der Waals surface area (Å²) < 4.78 is 0. The van der Waals surface area contributed by atoms with Gasteiger partial charge < -0.3 is 10.6 Å². The standard InChI is InChI=1S/C15H17N5S/c1-3-17-15-19-13(12-6-8-21-14(12)20-15)18-10(2)11-5-4-7-16-9-11/h4-10H,3H2,1-2H3,(H2,17,18,19,20). The van der Waals surface area contributed by atoms with Gasteiger partial charge in [0.25, 0.3) is 0 Å². The molecule has 0 aliphatic carbocycles. The summed E-state index contributed by atoms with van der Waals surface area (Å²) in [6.07, 6.45) is 3.65. The predicted octanol–water partition coefficient (Wildman–Crippen LogP) is 3.69. The molecule has 0 spiro atoms. The quantitative estimate of drug-likeness (QED) is 0.752. The highest BCUT2D eigenvalue weighted by Crippen LogP contribution is 2.28. The molecule has 0 aliphatic heterocycles. The average molecular weight is 299 g/mol. The minimum absolute atomic E-state index is 0.131. The summed E-state index contributed by atoms with van der Waals surface area (Å²) in [5, 5.41) is 9.73. The number of nitrogens with zero attached hydrogens (tertiary/aromatic N) is 3. The molecule has 3 heterocycles. The first kappa shape index (κ1) is 13.8. The Kier molecular flexibility index (Phi) is 3.96. The first-order chi connectivity index (χ1) is 10.3. The van der Waals surface area contributed by atoms with E-state index in [1.165, 1.54) is 0 Å². The Hall–Kier alpha value is -2.21. The van der Waals surface area contributed by atoms with Crippen molar-refractivity contribution in [2.45, 2.75) is 19.9 Å². The SMILES string of the molecule is CCNc1nc(NC(C)c2cccnc2)c2ccsc2n1. The zero-order valence-corrected chi connectivity index (χ0v) is 12.8. The van der Waals surface area contributed by atoms with Crippen LogP contribution in [-0.2, 0) is 0 Å². The second-order valence-electron chi connectivity index (χ2n) is 4.72. The van der Waals surface area contributed by atoms with Gasteiger partial charge in [-0.15, -0.1) is 11.3 Å². The van der Waals surface area contributed by atoms with Crippen LogP contribution in [-0.4, -0.2) is 21.5 Å². The van der Waals surface area contributed by atoms with E-state index < -0.39 is 0 Å². The number of pyridine rings is 1. The number of rotatable bonds is 5. The third kappa shape index (κ3) is 2.95. The van der Waals surface area contributed by atoms with Crippen LogP contribution in [0.5, 0.6) is 0 Å². The largest absolute Gasteiger partial charge is 0.363 e. The van der Waals surface area contributed by atoms with E-state index in [1.807, 2.05) is 30.6 Å². The molecule has 3 aromatic rings. The Labute approximate surface area is 127 Å². The molecule has 3 rings (SSSR count). The number of fused-ring (bicyclic) bond motifs is 1. The van der Waals surface area contributed by atoms with E-state index in [-0.39, 0.29) is 6.04 Å².